The SMILES string of the molecule is CC1=C(C(=O)N2C(=O)OC[C@@H]2c2ccccc2)C(=O)C2C3C=CC(C3)C12. The van der Waals surface area contributed by atoms with Gasteiger partial charge in [-0.15, -0.1) is 0 Å². The predicted molar refractivity (Wildman–Crippen MR) is 92.8 cm³/mol. The van der Waals surface area contributed by atoms with E-state index in [1.807, 2.05) is 37.3 Å². The second-order valence-electron chi connectivity index (χ2n) is 7.60. The first-order valence-corrected chi connectivity index (χ1v) is 9.06. The monoisotopic (exact) mass is 349 g/mol. The molecule has 26 heavy (non-hydrogen) atoms. The number of carbonyl (C=O) groups is 3. The molecule has 2 amide bonds. The third-order valence-electron chi connectivity index (χ3n) is 6.39. The lowest BCUT2D eigenvalue weighted by molar-refractivity contribution is -0.129. The molecule has 2 fully saturated rings. The van der Waals surface area contributed by atoms with E-state index in [4.69, 9.17) is 4.74 Å². The van der Waals surface area contributed by atoms with Crippen LogP contribution < -0.4 is 0 Å². The van der Waals surface area contributed by atoms with Crippen LogP contribution in [0.1, 0.15) is 24.9 Å². The molecule has 1 heterocycles. The summed E-state index contributed by atoms with van der Waals surface area (Å²) in [4.78, 5) is 39.7. The minimum Gasteiger partial charge on any atom is -0.446 e. The summed E-state index contributed by atoms with van der Waals surface area (Å²) in [6, 6.07) is 8.84. The lowest BCUT2D eigenvalue weighted by atomic mass is 9.82. The van der Waals surface area contributed by atoms with Crippen molar-refractivity contribution in [1.29, 1.82) is 0 Å². The number of fused-ring (bicyclic) bond motifs is 5. The van der Waals surface area contributed by atoms with E-state index in [0.29, 0.717) is 5.92 Å². The van der Waals surface area contributed by atoms with Crippen molar-refractivity contribution in [3.8, 4) is 0 Å². The highest BCUT2D eigenvalue weighted by molar-refractivity contribution is 6.25. The van der Waals surface area contributed by atoms with Crippen molar-refractivity contribution in [1.82, 2.24) is 4.90 Å². The Balaban J connectivity index is 1.51. The number of hydrogen-bond acceptors (Lipinski definition) is 4. The van der Waals surface area contributed by atoms with Crippen LogP contribution in [0.3, 0.4) is 0 Å². The standard InChI is InChI=1S/C21H19NO4/c1-11-16-13-7-8-14(9-13)18(16)19(23)17(11)20(24)22-15(10-26-21(22)25)12-5-3-2-4-6-12/h2-8,13-16,18H,9-10H2,1H3/t13?,14?,15-,16?,18?/m1/s1. The second kappa shape index (κ2) is 5.40. The molecule has 0 N–H and O–H groups in total. The number of allylic oxidation sites excluding steroid dienone is 3. The summed E-state index contributed by atoms with van der Waals surface area (Å²) in [6.07, 6.45) is 4.61. The molecule has 5 rings (SSSR count). The number of hydrogen-bond donors (Lipinski definition) is 0. The normalized spacial score (nSPS) is 34.7. The number of imide groups is 1. The Labute approximate surface area is 151 Å². The van der Waals surface area contributed by atoms with E-state index in [1.165, 1.54) is 0 Å². The van der Waals surface area contributed by atoms with E-state index in [1.54, 1.807) is 0 Å². The summed E-state index contributed by atoms with van der Waals surface area (Å²) in [7, 11) is 0. The number of carbonyl (C=O) groups excluding carboxylic acids is 3. The van der Waals surface area contributed by atoms with E-state index in [-0.39, 0.29) is 35.7 Å². The lowest BCUT2D eigenvalue weighted by Crippen LogP contribution is -2.37. The van der Waals surface area contributed by atoms with Gasteiger partial charge in [0.25, 0.3) is 5.91 Å². The van der Waals surface area contributed by atoms with Crippen molar-refractivity contribution in [2.75, 3.05) is 6.61 Å². The Bertz CT molecular complexity index is 885. The van der Waals surface area contributed by atoms with E-state index >= 15 is 0 Å². The highest BCUT2D eigenvalue weighted by atomic mass is 16.6. The highest BCUT2D eigenvalue weighted by Crippen LogP contribution is 2.56. The van der Waals surface area contributed by atoms with Crippen molar-refractivity contribution < 1.29 is 19.1 Å². The zero-order valence-corrected chi connectivity index (χ0v) is 14.4. The van der Waals surface area contributed by atoms with Gasteiger partial charge in [-0.1, -0.05) is 48.1 Å². The third-order valence-corrected chi connectivity index (χ3v) is 6.39. The molecule has 2 bridgehead atoms. The predicted octanol–water partition coefficient (Wildman–Crippen LogP) is 3.04. The van der Waals surface area contributed by atoms with Gasteiger partial charge in [-0.25, -0.2) is 9.69 Å². The molecule has 1 aromatic carbocycles. The van der Waals surface area contributed by atoms with Crippen LogP contribution in [0, 0.1) is 23.7 Å². The van der Waals surface area contributed by atoms with Crippen molar-refractivity contribution in [2.24, 2.45) is 23.7 Å². The Kier molecular flexibility index (Phi) is 3.23. The summed E-state index contributed by atoms with van der Waals surface area (Å²) >= 11 is 0. The fourth-order valence-corrected chi connectivity index (χ4v) is 5.26. The van der Waals surface area contributed by atoms with Gasteiger partial charge >= 0.3 is 6.09 Å². The second-order valence-corrected chi connectivity index (χ2v) is 7.60. The van der Waals surface area contributed by atoms with Gasteiger partial charge in [0.15, 0.2) is 5.78 Å². The number of ether oxygens (including phenoxy) is 1. The molecular weight excluding hydrogens is 330 g/mol. The minimum absolute atomic E-state index is 0.0964. The third kappa shape index (κ3) is 1.94. The summed E-state index contributed by atoms with van der Waals surface area (Å²) in [6.45, 7) is 2.00. The van der Waals surface area contributed by atoms with Gasteiger partial charge in [0.05, 0.1) is 5.57 Å². The zero-order valence-electron chi connectivity index (χ0n) is 14.4. The Morgan fingerprint density at radius 2 is 1.77 bits per heavy atom. The van der Waals surface area contributed by atoms with Crippen molar-refractivity contribution >= 4 is 17.8 Å². The van der Waals surface area contributed by atoms with E-state index in [9.17, 15) is 14.4 Å². The number of benzene rings is 1. The molecule has 4 unspecified atom stereocenters. The summed E-state index contributed by atoms with van der Waals surface area (Å²) in [5.41, 5.74) is 1.88. The van der Waals surface area contributed by atoms with Crippen LogP contribution >= 0.6 is 0 Å². The number of ketones is 1. The molecule has 5 nitrogen and oxygen atoms in total. The number of nitrogens with zero attached hydrogens (tertiary/aromatic N) is 1. The molecule has 132 valence electrons. The van der Waals surface area contributed by atoms with Crippen LogP contribution in [0.5, 0.6) is 0 Å². The van der Waals surface area contributed by atoms with Gasteiger partial charge in [-0.2, -0.15) is 0 Å². The zero-order chi connectivity index (χ0) is 18.0. The Morgan fingerprint density at radius 1 is 1.08 bits per heavy atom. The molecule has 1 aliphatic heterocycles. The van der Waals surface area contributed by atoms with E-state index in [2.05, 4.69) is 12.2 Å². The maximum Gasteiger partial charge on any atom is 0.417 e. The number of rotatable bonds is 2. The Hall–Kier alpha value is -2.69. The average molecular weight is 349 g/mol. The maximum atomic E-state index is 13.3. The van der Waals surface area contributed by atoms with Gasteiger partial charge in [0.1, 0.15) is 12.6 Å². The lowest BCUT2D eigenvalue weighted by Gasteiger charge is -2.21. The number of Topliss-reactive ketones (excluding diaryl/α,β-unsaturated/α-hetero) is 1. The smallest absolute Gasteiger partial charge is 0.417 e. The maximum absolute atomic E-state index is 13.3. The Morgan fingerprint density at radius 3 is 2.46 bits per heavy atom. The summed E-state index contributed by atoms with van der Waals surface area (Å²) in [5.74, 6) is -0.0376. The minimum atomic E-state index is -0.671. The average Bonchev–Trinajstić information content (AvgIpc) is 3.39. The fraction of sp³-hybridized carbons (Fsp3) is 0.381. The van der Waals surface area contributed by atoms with Crippen LogP contribution in [0.4, 0.5) is 4.79 Å². The van der Waals surface area contributed by atoms with E-state index in [0.717, 1.165) is 22.5 Å². The molecule has 1 saturated heterocycles. The van der Waals surface area contributed by atoms with Gasteiger partial charge < -0.3 is 4.74 Å². The van der Waals surface area contributed by atoms with Crippen LogP contribution in [-0.4, -0.2) is 29.3 Å². The van der Waals surface area contributed by atoms with Gasteiger partial charge in [0.2, 0.25) is 0 Å². The highest BCUT2D eigenvalue weighted by Gasteiger charge is 2.56. The molecule has 3 aliphatic carbocycles. The quantitative estimate of drug-likeness (QED) is 0.608. The van der Waals surface area contributed by atoms with Crippen LogP contribution in [0.25, 0.3) is 0 Å². The molecular formula is C21H19NO4. The van der Waals surface area contributed by atoms with Crippen LogP contribution in [-0.2, 0) is 14.3 Å². The molecule has 0 aromatic heterocycles. The van der Waals surface area contributed by atoms with Crippen molar-refractivity contribution in [3.63, 3.8) is 0 Å². The summed E-state index contributed by atoms with van der Waals surface area (Å²) in [5, 5.41) is 0. The molecule has 0 spiro atoms. The van der Waals surface area contributed by atoms with Crippen molar-refractivity contribution in [3.05, 3.63) is 59.2 Å². The first kappa shape index (κ1) is 15.6. The van der Waals surface area contributed by atoms with Crippen molar-refractivity contribution in [2.45, 2.75) is 19.4 Å². The van der Waals surface area contributed by atoms with E-state index < -0.39 is 18.0 Å². The van der Waals surface area contributed by atoms with Gasteiger partial charge in [-0.05, 0) is 36.7 Å². The first-order valence-electron chi connectivity index (χ1n) is 9.06. The van der Waals surface area contributed by atoms with Gasteiger partial charge in [0, 0.05) is 5.92 Å². The van der Waals surface area contributed by atoms with Crippen LogP contribution in [0.2, 0.25) is 0 Å². The molecule has 4 aliphatic rings. The van der Waals surface area contributed by atoms with Crippen LogP contribution in [0.15, 0.2) is 53.6 Å². The number of cyclic esters (lactones) is 1. The largest absolute Gasteiger partial charge is 0.446 e. The first-order chi connectivity index (χ1) is 12.6. The molecule has 0 radical (unpaired) electrons. The molecule has 5 atom stereocenters. The fourth-order valence-electron chi connectivity index (χ4n) is 5.26. The molecule has 1 aromatic rings. The molecule has 5 heteroatoms. The topological polar surface area (TPSA) is 63.7 Å². The molecule has 1 saturated carbocycles. The van der Waals surface area contributed by atoms with Gasteiger partial charge in [-0.3, -0.25) is 9.59 Å². The summed E-state index contributed by atoms with van der Waals surface area (Å²) < 4.78 is 5.15. The number of amides is 2.